The summed E-state index contributed by atoms with van der Waals surface area (Å²) in [5, 5.41) is 2.62. The SMILES string of the molecule is COc1ccc(NC(=O)c2ccc(F)c(S(=O)(=O)NC3CC3)c2)c(OC)c1. The van der Waals surface area contributed by atoms with Crippen molar-refractivity contribution >= 4 is 21.6 Å². The Kier molecular flexibility index (Phi) is 5.33. The zero-order chi connectivity index (χ0) is 19.6. The quantitative estimate of drug-likeness (QED) is 0.753. The zero-order valence-electron chi connectivity index (χ0n) is 14.8. The minimum Gasteiger partial charge on any atom is -0.497 e. The van der Waals surface area contributed by atoms with Crippen molar-refractivity contribution < 1.29 is 27.1 Å². The summed E-state index contributed by atoms with van der Waals surface area (Å²) in [5.41, 5.74) is 0.374. The topological polar surface area (TPSA) is 93.7 Å². The van der Waals surface area contributed by atoms with Crippen molar-refractivity contribution in [3.05, 3.63) is 47.8 Å². The fraction of sp³-hybridized carbons (Fsp3) is 0.278. The van der Waals surface area contributed by atoms with Gasteiger partial charge in [0.2, 0.25) is 10.0 Å². The van der Waals surface area contributed by atoms with E-state index < -0.39 is 26.6 Å². The Morgan fingerprint density at radius 2 is 1.85 bits per heavy atom. The van der Waals surface area contributed by atoms with E-state index in [4.69, 9.17) is 9.47 Å². The van der Waals surface area contributed by atoms with Crippen molar-refractivity contribution in [1.82, 2.24) is 4.72 Å². The van der Waals surface area contributed by atoms with Crippen molar-refractivity contribution in [2.45, 2.75) is 23.8 Å². The van der Waals surface area contributed by atoms with E-state index in [0.29, 0.717) is 17.2 Å². The first-order valence-electron chi connectivity index (χ1n) is 8.19. The smallest absolute Gasteiger partial charge is 0.255 e. The third kappa shape index (κ3) is 4.37. The predicted molar refractivity (Wildman–Crippen MR) is 97.2 cm³/mol. The molecule has 1 aliphatic rings. The van der Waals surface area contributed by atoms with Crippen LogP contribution in [0.5, 0.6) is 11.5 Å². The van der Waals surface area contributed by atoms with E-state index in [1.54, 1.807) is 18.2 Å². The van der Waals surface area contributed by atoms with Gasteiger partial charge in [-0.15, -0.1) is 0 Å². The van der Waals surface area contributed by atoms with Crippen LogP contribution in [0.1, 0.15) is 23.2 Å². The lowest BCUT2D eigenvalue weighted by Crippen LogP contribution is -2.27. The Balaban J connectivity index is 1.86. The Labute approximate surface area is 156 Å². The third-order valence-corrected chi connectivity index (χ3v) is 5.57. The molecule has 0 heterocycles. The van der Waals surface area contributed by atoms with E-state index in [0.717, 1.165) is 25.0 Å². The lowest BCUT2D eigenvalue weighted by atomic mass is 10.2. The third-order valence-electron chi connectivity index (χ3n) is 4.04. The van der Waals surface area contributed by atoms with Gasteiger partial charge in [0.1, 0.15) is 22.2 Å². The summed E-state index contributed by atoms with van der Waals surface area (Å²) in [6, 6.07) is 7.85. The second-order valence-corrected chi connectivity index (χ2v) is 7.74. The molecular formula is C18H19FN2O5S. The van der Waals surface area contributed by atoms with Crippen LogP contribution in [0, 0.1) is 5.82 Å². The first kappa shape index (κ1) is 19.1. The number of benzene rings is 2. The van der Waals surface area contributed by atoms with Crippen LogP contribution in [0.25, 0.3) is 0 Å². The lowest BCUT2D eigenvalue weighted by Gasteiger charge is -2.12. The molecule has 144 valence electrons. The molecule has 0 spiro atoms. The minimum absolute atomic E-state index is 0.00504. The van der Waals surface area contributed by atoms with Crippen LogP contribution in [-0.4, -0.2) is 34.6 Å². The summed E-state index contributed by atoms with van der Waals surface area (Å²) < 4.78 is 51.3. The molecule has 1 amide bonds. The monoisotopic (exact) mass is 394 g/mol. The molecule has 0 bridgehead atoms. The van der Waals surface area contributed by atoms with Crippen molar-refractivity contribution in [3.8, 4) is 11.5 Å². The average molecular weight is 394 g/mol. The second-order valence-electron chi connectivity index (χ2n) is 6.06. The maximum absolute atomic E-state index is 14.0. The molecule has 2 N–H and O–H groups in total. The number of halogens is 1. The molecule has 0 aliphatic heterocycles. The molecule has 27 heavy (non-hydrogen) atoms. The average Bonchev–Trinajstić information content (AvgIpc) is 3.45. The molecule has 2 aromatic rings. The molecule has 2 aromatic carbocycles. The highest BCUT2D eigenvalue weighted by Crippen LogP contribution is 2.30. The van der Waals surface area contributed by atoms with E-state index in [1.165, 1.54) is 20.3 Å². The minimum atomic E-state index is -4.02. The number of sulfonamides is 1. The molecular weight excluding hydrogens is 375 g/mol. The summed E-state index contributed by atoms with van der Waals surface area (Å²) in [6.45, 7) is 0. The fourth-order valence-corrected chi connectivity index (χ4v) is 3.84. The van der Waals surface area contributed by atoms with Crippen molar-refractivity contribution in [2.24, 2.45) is 0 Å². The molecule has 0 unspecified atom stereocenters. The number of hydrogen-bond acceptors (Lipinski definition) is 5. The second kappa shape index (κ2) is 7.53. The maximum Gasteiger partial charge on any atom is 0.255 e. The van der Waals surface area contributed by atoms with Gasteiger partial charge in [-0.25, -0.2) is 17.5 Å². The number of carbonyl (C=O) groups is 1. The van der Waals surface area contributed by atoms with E-state index in [1.807, 2.05) is 0 Å². The molecule has 1 aliphatic carbocycles. The van der Waals surface area contributed by atoms with Gasteiger partial charge in [0.15, 0.2) is 0 Å². The number of ether oxygens (including phenoxy) is 2. The molecule has 0 aromatic heterocycles. The van der Waals surface area contributed by atoms with E-state index in [-0.39, 0.29) is 11.6 Å². The molecule has 1 fully saturated rings. The highest BCUT2D eigenvalue weighted by molar-refractivity contribution is 7.89. The summed E-state index contributed by atoms with van der Waals surface area (Å²) in [4.78, 5) is 12.0. The summed E-state index contributed by atoms with van der Waals surface area (Å²) in [5.74, 6) is -0.595. The van der Waals surface area contributed by atoms with Crippen LogP contribution in [0.2, 0.25) is 0 Å². The van der Waals surface area contributed by atoms with Gasteiger partial charge >= 0.3 is 0 Å². The Morgan fingerprint density at radius 3 is 2.48 bits per heavy atom. The van der Waals surface area contributed by atoms with Gasteiger partial charge in [-0.1, -0.05) is 0 Å². The highest BCUT2D eigenvalue weighted by atomic mass is 32.2. The van der Waals surface area contributed by atoms with E-state index in [9.17, 15) is 17.6 Å². The van der Waals surface area contributed by atoms with E-state index >= 15 is 0 Å². The molecule has 7 nitrogen and oxygen atoms in total. The number of nitrogens with one attached hydrogen (secondary N) is 2. The first-order valence-corrected chi connectivity index (χ1v) is 9.67. The standard InChI is InChI=1S/C18H19FN2O5S/c1-25-13-6-8-15(16(10-13)26-2)20-18(22)11-3-7-14(19)17(9-11)27(23,24)21-12-4-5-12/h3,6-10,12,21H,4-5H2,1-2H3,(H,20,22). The Morgan fingerprint density at radius 1 is 1.11 bits per heavy atom. The molecule has 0 atom stereocenters. The van der Waals surface area contributed by atoms with Gasteiger partial charge < -0.3 is 14.8 Å². The van der Waals surface area contributed by atoms with Gasteiger partial charge in [0, 0.05) is 17.7 Å². The molecule has 3 rings (SSSR count). The van der Waals surface area contributed by atoms with Crippen LogP contribution in [0.15, 0.2) is 41.3 Å². The zero-order valence-corrected chi connectivity index (χ0v) is 15.6. The van der Waals surface area contributed by atoms with Gasteiger partial charge in [-0.05, 0) is 43.2 Å². The lowest BCUT2D eigenvalue weighted by molar-refractivity contribution is 0.102. The van der Waals surface area contributed by atoms with Gasteiger partial charge in [-0.2, -0.15) is 0 Å². The van der Waals surface area contributed by atoms with Crippen molar-refractivity contribution in [2.75, 3.05) is 19.5 Å². The predicted octanol–water partition coefficient (Wildman–Crippen LogP) is 2.54. The molecule has 1 saturated carbocycles. The van der Waals surface area contributed by atoms with Gasteiger partial charge in [0.05, 0.1) is 19.9 Å². The fourth-order valence-electron chi connectivity index (χ4n) is 2.43. The highest BCUT2D eigenvalue weighted by Gasteiger charge is 2.30. The summed E-state index contributed by atoms with van der Waals surface area (Å²) >= 11 is 0. The summed E-state index contributed by atoms with van der Waals surface area (Å²) in [7, 11) is -1.08. The molecule has 9 heteroatoms. The maximum atomic E-state index is 14.0. The van der Waals surface area contributed by atoms with Crippen molar-refractivity contribution in [1.29, 1.82) is 0 Å². The van der Waals surface area contributed by atoms with Crippen LogP contribution in [0.4, 0.5) is 10.1 Å². The van der Waals surface area contributed by atoms with Gasteiger partial charge in [0.25, 0.3) is 5.91 Å². The Bertz CT molecular complexity index is 974. The van der Waals surface area contributed by atoms with Crippen LogP contribution in [0.3, 0.4) is 0 Å². The number of hydrogen-bond donors (Lipinski definition) is 2. The van der Waals surface area contributed by atoms with Crippen LogP contribution in [-0.2, 0) is 10.0 Å². The largest absolute Gasteiger partial charge is 0.497 e. The van der Waals surface area contributed by atoms with Gasteiger partial charge in [-0.3, -0.25) is 4.79 Å². The summed E-state index contributed by atoms with van der Waals surface area (Å²) in [6.07, 6.45) is 1.44. The number of carbonyl (C=O) groups excluding carboxylic acids is 1. The number of anilines is 1. The Hall–Kier alpha value is -2.65. The molecule has 0 saturated heterocycles. The number of rotatable bonds is 7. The number of amides is 1. The van der Waals surface area contributed by atoms with Crippen LogP contribution >= 0.6 is 0 Å². The number of methoxy groups -OCH3 is 2. The van der Waals surface area contributed by atoms with Crippen LogP contribution < -0.4 is 19.5 Å². The first-order chi connectivity index (χ1) is 12.8. The van der Waals surface area contributed by atoms with Crippen molar-refractivity contribution in [3.63, 3.8) is 0 Å². The molecule has 0 radical (unpaired) electrons. The normalized spacial score (nSPS) is 13.9. The van der Waals surface area contributed by atoms with E-state index in [2.05, 4.69) is 10.0 Å².